The maximum atomic E-state index is 14.4. The molecule has 1 saturated carbocycles. The summed E-state index contributed by atoms with van der Waals surface area (Å²) in [4.78, 5) is 25.6. The lowest BCUT2D eigenvalue weighted by Gasteiger charge is -2.43. The molecule has 1 atom stereocenters. The van der Waals surface area contributed by atoms with E-state index >= 15 is 0 Å². The normalized spacial score (nSPS) is 25.6. The van der Waals surface area contributed by atoms with E-state index < -0.39 is 17.8 Å². The highest BCUT2D eigenvalue weighted by Crippen LogP contribution is 2.45. The first-order chi connectivity index (χ1) is 13.8. The Bertz CT molecular complexity index is 614. The molecule has 30 heavy (non-hydrogen) atoms. The summed E-state index contributed by atoms with van der Waals surface area (Å²) < 4.78 is 51.5. The molecule has 0 aromatic rings. The van der Waals surface area contributed by atoms with Crippen molar-refractivity contribution in [3.8, 4) is 0 Å². The number of carbonyl (C=O) groups excluding carboxylic acids is 1. The second-order valence-electron chi connectivity index (χ2n) is 8.99. The van der Waals surface area contributed by atoms with E-state index in [1.807, 2.05) is 0 Å². The van der Waals surface area contributed by atoms with Crippen molar-refractivity contribution in [2.24, 2.45) is 5.41 Å². The number of aliphatic carboxylic acids is 1. The van der Waals surface area contributed by atoms with Crippen LogP contribution in [0.15, 0.2) is 0 Å². The number of carboxylic acid groups (broad SMARTS) is 1. The summed E-state index contributed by atoms with van der Waals surface area (Å²) in [6, 6.07) is 0.986. The molecular formula is C20H32F4N2O4. The number of carbonyl (C=O) groups is 2. The molecule has 0 bridgehead atoms. The van der Waals surface area contributed by atoms with Crippen LogP contribution in [-0.2, 0) is 14.3 Å². The number of amides is 1. The van der Waals surface area contributed by atoms with Gasteiger partial charge in [0, 0.05) is 38.8 Å². The Kier molecular flexibility index (Phi) is 7.77. The van der Waals surface area contributed by atoms with Gasteiger partial charge in [0.15, 0.2) is 5.67 Å². The first-order valence-corrected chi connectivity index (χ1v) is 10.4. The molecular weight excluding hydrogens is 408 g/mol. The fraction of sp³-hybridized carbons (Fsp3) is 0.900. The van der Waals surface area contributed by atoms with E-state index in [4.69, 9.17) is 14.6 Å². The van der Waals surface area contributed by atoms with Gasteiger partial charge in [0.1, 0.15) is 0 Å². The van der Waals surface area contributed by atoms with Gasteiger partial charge in [-0.25, -0.2) is 9.18 Å². The Hall–Kier alpha value is -1.42. The van der Waals surface area contributed by atoms with Crippen LogP contribution >= 0.6 is 0 Å². The molecule has 0 radical (unpaired) electrons. The van der Waals surface area contributed by atoms with Crippen molar-refractivity contribution in [1.29, 1.82) is 0 Å². The zero-order chi connectivity index (χ0) is 22.7. The van der Waals surface area contributed by atoms with Gasteiger partial charge in [0.25, 0.3) is 5.91 Å². The van der Waals surface area contributed by atoms with E-state index in [1.54, 1.807) is 12.0 Å². The second kappa shape index (κ2) is 9.38. The quantitative estimate of drug-likeness (QED) is 0.680. The lowest BCUT2D eigenvalue weighted by Crippen LogP contribution is -2.54. The Morgan fingerprint density at radius 3 is 2.07 bits per heavy atom. The summed E-state index contributed by atoms with van der Waals surface area (Å²) in [6.45, 7) is 7.78. The van der Waals surface area contributed by atoms with Gasteiger partial charge in [-0.3, -0.25) is 9.69 Å². The van der Waals surface area contributed by atoms with Crippen LogP contribution in [-0.4, -0.2) is 84.1 Å². The monoisotopic (exact) mass is 440 g/mol. The van der Waals surface area contributed by atoms with Crippen molar-refractivity contribution < 1.29 is 37.0 Å². The van der Waals surface area contributed by atoms with E-state index in [0.29, 0.717) is 24.9 Å². The maximum absolute atomic E-state index is 14.4. The first kappa shape index (κ1) is 24.8. The van der Waals surface area contributed by atoms with E-state index in [2.05, 4.69) is 18.7 Å². The minimum atomic E-state index is -5.08. The van der Waals surface area contributed by atoms with Crippen molar-refractivity contribution in [3.05, 3.63) is 0 Å². The number of alkyl halides is 4. The van der Waals surface area contributed by atoms with Gasteiger partial charge in [0.05, 0.1) is 6.61 Å². The second-order valence-corrected chi connectivity index (χ2v) is 8.99. The molecule has 0 aromatic carbocycles. The first-order valence-electron chi connectivity index (χ1n) is 10.4. The largest absolute Gasteiger partial charge is 0.490 e. The third-order valence-electron chi connectivity index (χ3n) is 6.56. The van der Waals surface area contributed by atoms with Crippen molar-refractivity contribution in [2.75, 3.05) is 33.4 Å². The van der Waals surface area contributed by atoms with Crippen LogP contribution in [0.25, 0.3) is 0 Å². The molecule has 3 fully saturated rings. The SMILES string of the molecule is COCC1CC2(CCN(C(=O)C3(F)CCC3)CC2)CN1C(C)C.O=C(O)C(F)(F)F. The molecule has 1 unspecified atom stereocenters. The van der Waals surface area contributed by atoms with Crippen LogP contribution in [0, 0.1) is 5.41 Å². The van der Waals surface area contributed by atoms with Crippen molar-refractivity contribution in [3.63, 3.8) is 0 Å². The molecule has 6 nitrogen and oxygen atoms in total. The number of ether oxygens (including phenoxy) is 1. The summed E-state index contributed by atoms with van der Waals surface area (Å²) in [6.07, 6.45) is -0.255. The van der Waals surface area contributed by atoms with E-state index in [1.165, 1.54) is 0 Å². The molecule has 2 aliphatic heterocycles. The third-order valence-corrected chi connectivity index (χ3v) is 6.56. The van der Waals surface area contributed by atoms with Gasteiger partial charge in [-0.1, -0.05) is 0 Å². The van der Waals surface area contributed by atoms with Crippen LogP contribution in [0.1, 0.15) is 52.4 Å². The van der Waals surface area contributed by atoms with Crippen LogP contribution in [0.4, 0.5) is 17.6 Å². The molecule has 1 N–H and O–H groups in total. The fourth-order valence-corrected chi connectivity index (χ4v) is 4.68. The lowest BCUT2D eigenvalue weighted by atomic mass is 9.75. The minimum absolute atomic E-state index is 0.245. The number of hydrogen-bond donors (Lipinski definition) is 1. The smallest absolute Gasteiger partial charge is 0.475 e. The Labute approximate surface area is 174 Å². The molecule has 1 amide bonds. The van der Waals surface area contributed by atoms with Gasteiger partial charge >= 0.3 is 12.1 Å². The number of likely N-dealkylation sites (tertiary alicyclic amines) is 2. The molecule has 174 valence electrons. The van der Waals surface area contributed by atoms with E-state index in [0.717, 1.165) is 51.9 Å². The number of nitrogens with zero attached hydrogens (tertiary/aromatic N) is 2. The number of halogens is 4. The summed E-state index contributed by atoms with van der Waals surface area (Å²) in [5.74, 6) is -3.00. The summed E-state index contributed by atoms with van der Waals surface area (Å²) in [5.41, 5.74) is -1.25. The Morgan fingerprint density at radius 1 is 1.17 bits per heavy atom. The third kappa shape index (κ3) is 5.63. The highest BCUT2D eigenvalue weighted by atomic mass is 19.4. The van der Waals surface area contributed by atoms with Crippen LogP contribution < -0.4 is 0 Å². The Morgan fingerprint density at radius 2 is 1.70 bits per heavy atom. The zero-order valence-electron chi connectivity index (χ0n) is 17.8. The molecule has 2 saturated heterocycles. The van der Waals surface area contributed by atoms with Crippen molar-refractivity contribution in [1.82, 2.24) is 9.80 Å². The number of rotatable bonds is 4. The summed E-state index contributed by atoms with van der Waals surface area (Å²) >= 11 is 0. The molecule has 3 aliphatic rings. The highest BCUT2D eigenvalue weighted by Gasteiger charge is 2.51. The standard InChI is InChI=1S/C18H31FN2O2.C2HF3O2/c1-14(2)21-13-17(11-15(21)12-23-3)7-9-20(10-8-17)16(22)18(19)5-4-6-18;3-2(4,5)1(6)7/h14-15H,4-13H2,1-3H3;(H,6,7). The van der Waals surface area contributed by atoms with E-state index in [9.17, 15) is 22.4 Å². The minimum Gasteiger partial charge on any atom is -0.475 e. The predicted molar refractivity (Wildman–Crippen MR) is 102 cm³/mol. The van der Waals surface area contributed by atoms with Crippen LogP contribution in [0.5, 0.6) is 0 Å². The predicted octanol–water partition coefficient (Wildman–Crippen LogP) is 3.25. The summed E-state index contributed by atoms with van der Waals surface area (Å²) in [5, 5.41) is 7.12. The molecule has 2 heterocycles. The van der Waals surface area contributed by atoms with Gasteiger partial charge in [-0.05, 0) is 57.8 Å². The van der Waals surface area contributed by atoms with Crippen LogP contribution in [0.3, 0.4) is 0 Å². The average molecular weight is 440 g/mol. The Balaban J connectivity index is 0.000000396. The molecule has 1 spiro atoms. The van der Waals surface area contributed by atoms with Crippen molar-refractivity contribution in [2.45, 2.75) is 76.3 Å². The van der Waals surface area contributed by atoms with Crippen LogP contribution in [0.2, 0.25) is 0 Å². The topological polar surface area (TPSA) is 70.1 Å². The average Bonchev–Trinajstić information content (AvgIpc) is 2.98. The van der Waals surface area contributed by atoms with Gasteiger partial charge in [-0.2, -0.15) is 13.2 Å². The van der Waals surface area contributed by atoms with Gasteiger partial charge in [0.2, 0.25) is 0 Å². The summed E-state index contributed by atoms with van der Waals surface area (Å²) in [7, 11) is 1.77. The number of methoxy groups -OCH3 is 1. The maximum Gasteiger partial charge on any atom is 0.490 e. The molecule has 1 aliphatic carbocycles. The fourth-order valence-electron chi connectivity index (χ4n) is 4.68. The lowest BCUT2D eigenvalue weighted by molar-refractivity contribution is -0.192. The molecule has 0 aromatic heterocycles. The number of piperidine rings is 1. The van der Waals surface area contributed by atoms with Gasteiger partial charge < -0.3 is 14.7 Å². The zero-order valence-corrected chi connectivity index (χ0v) is 17.8. The highest BCUT2D eigenvalue weighted by molar-refractivity contribution is 5.86. The van der Waals surface area contributed by atoms with Crippen molar-refractivity contribution >= 4 is 11.9 Å². The number of hydrogen-bond acceptors (Lipinski definition) is 4. The molecule has 10 heteroatoms. The van der Waals surface area contributed by atoms with Gasteiger partial charge in [-0.15, -0.1) is 0 Å². The number of carboxylic acids is 1. The molecule has 3 rings (SSSR count). The van der Waals surface area contributed by atoms with E-state index in [-0.39, 0.29) is 11.3 Å².